The predicted octanol–water partition coefficient (Wildman–Crippen LogP) is 5.39. The second-order valence-corrected chi connectivity index (χ2v) is 8.69. The summed E-state index contributed by atoms with van der Waals surface area (Å²) in [5.74, 6) is 0.334. The number of anilines is 1. The quantitative estimate of drug-likeness (QED) is 0.353. The van der Waals surface area contributed by atoms with Crippen LogP contribution in [0.5, 0.6) is 5.88 Å². The van der Waals surface area contributed by atoms with E-state index >= 15 is 0 Å². The van der Waals surface area contributed by atoms with Crippen LogP contribution in [0, 0.1) is 0 Å². The Balaban J connectivity index is 1.74. The lowest BCUT2D eigenvalue weighted by Gasteiger charge is -2.19. The molecule has 1 aliphatic rings. The standard InChI is InChI=1S/C21H19BrN4O3S/c1-2-3-10-30-21-24-19-17(25-26-21)15-11-14(22)8-9-16(15)23-18(29-19)12-4-6-13(7-5-12)20(27)28/h4-9,11,18,23H,2-3,10H2,1H3,(H,27,28)/t18-/m0/s1. The summed E-state index contributed by atoms with van der Waals surface area (Å²) in [5.41, 5.74) is 3.21. The Morgan fingerprint density at radius 3 is 2.77 bits per heavy atom. The number of unbranched alkanes of at least 4 members (excludes halogenated alkanes) is 1. The van der Waals surface area contributed by atoms with Crippen molar-refractivity contribution < 1.29 is 14.6 Å². The Bertz CT molecular complexity index is 1080. The lowest BCUT2D eigenvalue weighted by molar-refractivity contribution is 0.0696. The predicted molar refractivity (Wildman–Crippen MR) is 119 cm³/mol. The Morgan fingerprint density at radius 2 is 2.03 bits per heavy atom. The molecule has 0 radical (unpaired) electrons. The number of rotatable bonds is 6. The van der Waals surface area contributed by atoms with E-state index in [1.807, 2.05) is 18.2 Å². The number of hydrogen-bond acceptors (Lipinski definition) is 7. The molecule has 0 saturated carbocycles. The average Bonchev–Trinajstić information content (AvgIpc) is 2.90. The minimum Gasteiger partial charge on any atom is -0.478 e. The van der Waals surface area contributed by atoms with Crippen molar-refractivity contribution in [3.8, 4) is 17.1 Å². The fraction of sp³-hybridized carbons (Fsp3) is 0.238. The van der Waals surface area contributed by atoms with Gasteiger partial charge in [0.2, 0.25) is 11.0 Å². The van der Waals surface area contributed by atoms with Gasteiger partial charge in [-0.2, -0.15) is 4.98 Å². The number of carboxylic acid groups (broad SMARTS) is 1. The largest absolute Gasteiger partial charge is 0.478 e. The minimum atomic E-state index is -0.970. The third kappa shape index (κ3) is 4.41. The highest BCUT2D eigenvalue weighted by Gasteiger charge is 2.26. The van der Waals surface area contributed by atoms with E-state index in [1.165, 1.54) is 0 Å². The number of hydrogen-bond donors (Lipinski definition) is 2. The molecular weight excluding hydrogens is 468 g/mol. The number of carbonyl (C=O) groups is 1. The molecule has 9 heteroatoms. The highest BCUT2D eigenvalue weighted by atomic mass is 79.9. The number of halogens is 1. The van der Waals surface area contributed by atoms with Crippen LogP contribution in [0.2, 0.25) is 0 Å². The molecule has 2 aromatic carbocycles. The van der Waals surface area contributed by atoms with Crippen LogP contribution in [0.15, 0.2) is 52.1 Å². The first-order chi connectivity index (χ1) is 14.5. The smallest absolute Gasteiger partial charge is 0.335 e. The SMILES string of the molecule is CCCCSc1nnc2c(n1)O[C@@H](c1ccc(C(=O)O)cc1)Nc1ccc(Br)cc1-2. The molecule has 3 aromatic rings. The van der Waals surface area contributed by atoms with Crippen LogP contribution in [0.4, 0.5) is 5.69 Å². The van der Waals surface area contributed by atoms with E-state index in [-0.39, 0.29) is 5.56 Å². The van der Waals surface area contributed by atoms with Crippen LogP contribution in [0.25, 0.3) is 11.3 Å². The number of fused-ring (bicyclic) bond motifs is 3. The van der Waals surface area contributed by atoms with Crippen molar-refractivity contribution >= 4 is 39.3 Å². The van der Waals surface area contributed by atoms with E-state index in [4.69, 9.17) is 9.84 Å². The Labute approximate surface area is 186 Å². The molecule has 0 saturated heterocycles. The van der Waals surface area contributed by atoms with Crippen molar-refractivity contribution in [2.24, 2.45) is 0 Å². The topological polar surface area (TPSA) is 97.2 Å². The lowest BCUT2D eigenvalue weighted by atomic mass is 10.1. The van der Waals surface area contributed by atoms with Crippen molar-refractivity contribution in [1.82, 2.24) is 15.2 Å². The first-order valence-corrected chi connectivity index (χ1v) is 11.3. The Hall–Kier alpha value is -2.65. The first kappa shape index (κ1) is 20.6. The molecule has 2 N–H and O–H groups in total. The monoisotopic (exact) mass is 486 g/mol. The number of ether oxygens (including phenoxy) is 1. The molecule has 0 bridgehead atoms. The Kier molecular flexibility index (Phi) is 6.19. The summed E-state index contributed by atoms with van der Waals surface area (Å²) in [6.07, 6.45) is 1.61. The van der Waals surface area contributed by atoms with Gasteiger partial charge in [0.15, 0.2) is 11.9 Å². The van der Waals surface area contributed by atoms with Crippen LogP contribution in [0.3, 0.4) is 0 Å². The molecule has 0 spiro atoms. The van der Waals surface area contributed by atoms with Gasteiger partial charge in [-0.05, 0) is 36.8 Å². The molecule has 7 nitrogen and oxygen atoms in total. The normalized spacial score (nSPS) is 14.7. The first-order valence-electron chi connectivity index (χ1n) is 9.49. The average molecular weight is 487 g/mol. The molecule has 0 fully saturated rings. The van der Waals surface area contributed by atoms with E-state index in [2.05, 4.69) is 43.4 Å². The number of carboxylic acids is 1. The summed E-state index contributed by atoms with van der Waals surface area (Å²) < 4.78 is 7.12. The van der Waals surface area contributed by atoms with Crippen molar-refractivity contribution in [3.05, 3.63) is 58.1 Å². The molecule has 0 unspecified atom stereocenters. The number of thioether (sulfide) groups is 1. The van der Waals surface area contributed by atoms with E-state index in [0.717, 1.165) is 39.9 Å². The van der Waals surface area contributed by atoms with Gasteiger partial charge in [0.05, 0.1) is 5.56 Å². The molecule has 4 rings (SSSR count). The van der Waals surface area contributed by atoms with Gasteiger partial charge in [-0.1, -0.05) is 53.2 Å². The lowest BCUT2D eigenvalue weighted by Crippen LogP contribution is -2.17. The molecule has 0 aliphatic carbocycles. The number of aromatic carboxylic acids is 1. The van der Waals surface area contributed by atoms with Crippen molar-refractivity contribution in [1.29, 1.82) is 0 Å². The van der Waals surface area contributed by atoms with Gasteiger partial charge in [-0.15, -0.1) is 10.2 Å². The highest BCUT2D eigenvalue weighted by molar-refractivity contribution is 9.10. The van der Waals surface area contributed by atoms with Crippen LogP contribution in [-0.4, -0.2) is 32.0 Å². The summed E-state index contributed by atoms with van der Waals surface area (Å²) in [7, 11) is 0. The summed E-state index contributed by atoms with van der Waals surface area (Å²) in [5, 5.41) is 21.8. The summed E-state index contributed by atoms with van der Waals surface area (Å²) in [6, 6.07) is 12.4. The van der Waals surface area contributed by atoms with Crippen molar-refractivity contribution in [2.45, 2.75) is 31.1 Å². The third-order valence-corrected chi connectivity index (χ3v) is 5.99. The molecule has 154 valence electrons. The Morgan fingerprint density at radius 1 is 1.23 bits per heavy atom. The maximum atomic E-state index is 11.2. The zero-order valence-corrected chi connectivity index (χ0v) is 18.5. The fourth-order valence-corrected chi connectivity index (χ4v) is 4.21. The zero-order valence-electron chi connectivity index (χ0n) is 16.1. The second kappa shape index (κ2) is 9.01. The van der Waals surface area contributed by atoms with E-state index in [0.29, 0.717) is 16.7 Å². The van der Waals surface area contributed by atoms with Gasteiger partial charge in [0.1, 0.15) is 0 Å². The van der Waals surface area contributed by atoms with Crippen molar-refractivity contribution in [2.75, 3.05) is 11.1 Å². The van der Waals surface area contributed by atoms with Gasteiger partial charge in [-0.25, -0.2) is 4.79 Å². The number of nitrogens with zero attached hydrogens (tertiary/aromatic N) is 3. The summed E-state index contributed by atoms with van der Waals surface area (Å²) in [4.78, 5) is 15.8. The zero-order chi connectivity index (χ0) is 21.1. The molecular formula is C21H19BrN4O3S. The van der Waals surface area contributed by atoms with E-state index in [1.54, 1.807) is 36.0 Å². The van der Waals surface area contributed by atoms with E-state index in [9.17, 15) is 4.79 Å². The molecule has 1 atom stereocenters. The van der Waals surface area contributed by atoms with Crippen LogP contribution in [-0.2, 0) is 0 Å². The number of benzene rings is 2. The summed E-state index contributed by atoms with van der Waals surface area (Å²) in [6.45, 7) is 2.14. The third-order valence-electron chi connectivity index (χ3n) is 4.58. The van der Waals surface area contributed by atoms with Gasteiger partial charge in [0, 0.05) is 27.0 Å². The number of aromatic nitrogens is 3. The van der Waals surface area contributed by atoms with Gasteiger partial charge >= 0.3 is 5.97 Å². The van der Waals surface area contributed by atoms with Crippen molar-refractivity contribution in [3.63, 3.8) is 0 Å². The molecule has 0 amide bonds. The van der Waals surface area contributed by atoms with Crippen LogP contribution in [0.1, 0.15) is 41.9 Å². The molecule has 30 heavy (non-hydrogen) atoms. The molecule has 2 heterocycles. The fourth-order valence-electron chi connectivity index (χ4n) is 2.99. The van der Waals surface area contributed by atoms with Gasteiger partial charge < -0.3 is 15.2 Å². The maximum Gasteiger partial charge on any atom is 0.335 e. The molecule has 1 aromatic heterocycles. The van der Waals surface area contributed by atoms with Gasteiger partial charge in [0.25, 0.3) is 0 Å². The van der Waals surface area contributed by atoms with Gasteiger partial charge in [-0.3, -0.25) is 0 Å². The maximum absolute atomic E-state index is 11.2. The minimum absolute atomic E-state index is 0.218. The number of nitrogens with one attached hydrogen (secondary N) is 1. The van der Waals surface area contributed by atoms with Crippen LogP contribution < -0.4 is 10.1 Å². The highest BCUT2D eigenvalue weighted by Crippen LogP contribution is 2.40. The van der Waals surface area contributed by atoms with Crippen LogP contribution >= 0.6 is 27.7 Å². The summed E-state index contributed by atoms with van der Waals surface area (Å²) >= 11 is 5.06. The second-order valence-electron chi connectivity index (χ2n) is 6.71. The molecule has 1 aliphatic heterocycles. The van der Waals surface area contributed by atoms with E-state index < -0.39 is 12.2 Å².